The second kappa shape index (κ2) is 3.80. The van der Waals surface area contributed by atoms with Gasteiger partial charge in [-0.25, -0.2) is 4.98 Å². The first-order chi connectivity index (χ1) is 6.75. The summed E-state index contributed by atoms with van der Waals surface area (Å²) in [6.07, 6.45) is 5.34. The second-order valence-electron chi connectivity index (χ2n) is 3.59. The average Bonchev–Trinajstić information content (AvgIpc) is 2.57. The Balaban J connectivity index is 2.19. The quantitative estimate of drug-likeness (QED) is 0.799. The Bertz CT molecular complexity index is 387. The van der Waals surface area contributed by atoms with Crippen LogP contribution in [0.25, 0.3) is 5.65 Å². The van der Waals surface area contributed by atoms with Gasteiger partial charge in [-0.1, -0.05) is 6.07 Å². The molecular weight excluding hydrogens is 176 g/mol. The number of hydrogen-bond donors (Lipinski definition) is 1. The maximum absolute atomic E-state index is 9.15. The third kappa shape index (κ3) is 1.93. The lowest BCUT2D eigenvalue weighted by Gasteiger charge is -1.99. The number of imidazole rings is 1. The van der Waals surface area contributed by atoms with Crippen LogP contribution >= 0.6 is 0 Å². The van der Waals surface area contributed by atoms with Gasteiger partial charge >= 0.3 is 0 Å². The van der Waals surface area contributed by atoms with E-state index in [-0.39, 0.29) is 6.10 Å². The molecule has 0 saturated heterocycles. The van der Waals surface area contributed by atoms with Crippen LogP contribution in [0.4, 0.5) is 0 Å². The molecule has 1 N–H and O–H groups in total. The lowest BCUT2D eigenvalue weighted by molar-refractivity contribution is 0.184. The fourth-order valence-electron chi connectivity index (χ4n) is 1.46. The molecule has 2 rings (SSSR count). The van der Waals surface area contributed by atoms with Crippen molar-refractivity contribution >= 4 is 5.65 Å². The van der Waals surface area contributed by atoms with E-state index in [1.807, 2.05) is 35.0 Å². The third-order valence-electron chi connectivity index (χ3n) is 2.23. The average molecular weight is 190 g/mol. The van der Waals surface area contributed by atoms with Crippen molar-refractivity contribution in [2.75, 3.05) is 0 Å². The summed E-state index contributed by atoms with van der Waals surface area (Å²) in [6, 6.07) is 5.93. The van der Waals surface area contributed by atoms with Crippen LogP contribution in [0.1, 0.15) is 19.0 Å². The van der Waals surface area contributed by atoms with Crippen molar-refractivity contribution in [3.8, 4) is 0 Å². The Hall–Kier alpha value is -1.35. The van der Waals surface area contributed by atoms with E-state index in [1.165, 1.54) is 0 Å². The highest BCUT2D eigenvalue weighted by Crippen LogP contribution is 2.07. The van der Waals surface area contributed by atoms with Gasteiger partial charge < -0.3 is 9.51 Å². The van der Waals surface area contributed by atoms with Gasteiger partial charge in [0.2, 0.25) is 0 Å². The molecule has 1 unspecified atom stereocenters. The molecule has 14 heavy (non-hydrogen) atoms. The normalized spacial score (nSPS) is 13.3. The molecule has 3 heteroatoms. The Morgan fingerprint density at radius 3 is 3.07 bits per heavy atom. The molecule has 2 aromatic rings. The van der Waals surface area contributed by atoms with Crippen LogP contribution in [-0.2, 0) is 6.42 Å². The standard InChI is InChI=1S/C11H14N2O/c1-9(14)5-6-10-8-13-7-3-2-4-11(13)12-10/h2-4,7-9,14H,5-6H2,1H3. The highest BCUT2D eigenvalue weighted by atomic mass is 16.3. The molecule has 3 nitrogen and oxygen atoms in total. The molecular formula is C11H14N2O. The van der Waals surface area contributed by atoms with E-state index in [2.05, 4.69) is 4.98 Å². The number of aromatic nitrogens is 2. The summed E-state index contributed by atoms with van der Waals surface area (Å²) in [5.74, 6) is 0. The Morgan fingerprint density at radius 2 is 2.36 bits per heavy atom. The van der Waals surface area contributed by atoms with E-state index >= 15 is 0 Å². The van der Waals surface area contributed by atoms with E-state index in [0.717, 1.165) is 24.2 Å². The van der Waals surface area contributed by atoms with Crippen molar-refractivity contribution in [2.24, 2.45) is 0 Å². The fraction of sp³-hybridized carbons (Fsp3) is 0.364. The molecule has 0 aliphatic heterocycles. The predicted molar refractivity (Wildman–Crippen MR) is 55.2 cm³/mol. The number of pyridine rings is 1. The van der Waals surface area contributed by atoms with Gasteiger partial charge in [-0.15, -0.1) is 0 Å². The van der Waals surface area contributed by atoms with Gasteiger partial charge in [0.1, 0.15) is 5.65 Å². The minimum atomic E-state index is -0.250. The van der Waals surface area contributed by atoms with Crippen molar-refractivity contribution < 1.29 is 5.11 Å². The lowest BCUT2D eigenvalue weighted by Crippen LogP contribution is -2.01. The van der Waals surface area contributed by atoms with Crippen LogP contribution in [0, 0.1) is 0 Å². The van der Waals surface area contributed by atoms with Crippen LogP contribution in [-0.4, -0.2) is 20.6 Å². The number of hydrogen-bond acceptors (Lipinski definition) is 2. The molecule has 0 aliphatic carbocycles. The molecule has 0 bridgehead atoms. The van der Waals surface area contributed by atoms with Gasteiger partial charge in [-0.05, 0) is 31.9 Å². The highest BCUT2D eigenvalue weighted by molar-refractivity contribution is 5.39. The predicted octanol–water partition coefficient (Wildman–Crippen LogP) is 1.65. The molecule has 0 amide bonds. The molecule has 0 spiro atoms. The lowest BCUT2D eigenvalue weighted by atomic mass is 10.2. The maximum Gasteiger partial charge on any atom is 0.136 e. The summed E-state index contributed by atoms with van der Waals surface area (Å²) in [5.41, 5.74) is 2.00. The highest BCUT2D eigenvalue weighted by Gasteiger charge is 2.02. The van der Waals surface area contributed by atoms with E-state index in [9.17, 15) is 0 Å². The Morgan fingerprint density at radius 1 is 1.50 bits per heavy atom. The van der Waals surface area contributed by atoms with E-state index in [4.69, 9.17) is 5.11 Å². The summed E-state index contributed by atoms with van der Waals surface area (Å²) in [5, 5.41) is 9.15. The van der Waals surface area contributed by atoms with Crippen molar-refractivity contribution in [3.05, 3.63) is 36.3 Å². The zero-order valence-electron chi connectivity index (χ0n) is 8.22. The van der Waals surface area contributed by atoms with Crippen molar-refractivity contribution in [1.82, 2.24) is 9.38 Å². The SMILES string of the molecule is CC(O)CCc1cn2ccccc2n1. The molecule has 0 aromatic carbocycles. The summed E-state index contributed by atoms with van der Waals surface area (Å²) in [7, 11) is 0. The van der Waals surface area contributed by atoms with Crippen LogP contribution in [0.2, 0.25) is 0 Å². The fourth-order valence-corrected chi connectivity index (χ4v) is 1.46. The maximum atomic E-state index is 9.15. The second-order valence-corrected chi connectivity index (χ2v) is 3.59. The van der Waals surface area contributed by atoms with Gasteiger partial charge in [0.05, 0.1) is 11.8 Å². The molecule has 0 aliphatic rings. The van der Waals surface area contributed by atoms with Crippen LogP contribution in [0.3, 0.4) is 0 Å². The van der Waals surface area contributed by atoms with Crippen LogP contribution < -0.4 is 0 Å². The third-order valence-corrected chi connectivity index (χ3v) is 2.23. The monoisotopic (exact) mass is 190 g/mol. The number of aryl methyl sites for hydroxylation is 1. The summed E-state index contributed by atoms with van der Waals surface area (Å²) < 4.78 is 2.00. The minimum Gasteiger partial charge on any atom is -0.393 e. The Kier molecular flexibility index (Phi) is 2.50. The first-order valence-electron chi connectivity index (χ1n) is 4.86. The molecule has 0 fully saturated rings. The van der Waals surface area contributed by atoms with Crippen molar-refractivity contribution in [1.29, 1.82) is 0 Å². The Labute approximate surface area is 83.0 Å². The van der Waals surface area contributed by atoms with Crippen LogP contribution in [0.15, 0.2) is 30.6 Å². The zero-order valence-corrected chi connectivity index (χ0v) is 8.22. The van der Waals surface area contributed by atoms with E-state index < -0.39 is 0 Å². The topological polar surface area (TPSA) is 37.5 Å². The van der Waals surface area contributed by atoms with E-state index in [1.54, 1.807) is 6.92 Å². The molecule has 74 valence electrons. The first-order valence-corrected chi connectivity index (χ1v) is 4.86. The number of fused-ring (bicyclic) bond motifs is 1. The number of nitrogens with zero attached hydrogens (tertiary/aromatic N) is 2. The van der Waals surface area contributed by atoms with Gasteiger partial charge in [0.15, 0.2) is 0 Å². The summed E-state index contributed by atoms with van der Waals surface area (Å²) >= 11 is 0. The molecule has 2 heterocycles. The van der Waals surface area contributed by atoms with Crippen molar-refractivity contribution in [2.45, 2.75) is 25.9 Å². The largest absolute Gasteiger partial charge is 0.393 e. The number of rotatable bonds is 3. The zero-order chi connectivity index (χ0) is 9.97. The van der Waals surface area contributed by atoms with E-state index in [0.29, 0.717) is 0 Å². The molecule has 0 saturated carbocycles. The molecule has 1 atom stereocenters. The van der Waals surface area contributed by atoms with Crippen LogP contribution in [0.5, 0.6) is 0 Å². The van der Waals surface area contributed by atoms with Gasteiger partial charge in [-0.3, -0.25) is 0 Å². The summed E-state index contributed by atoms with van der Waals surface area (Å²) in [4.78, 5) is 4.44. The first kappa shape index (κ1) is 9.21. The van der Waals surface area contributed by atoms with Crippen molar-refractivity contribution in [3.63, 3.8) is 0 Å². The van der Waals surface area contributed by atoms with Gasteiger partial charge in [0.25, 0.3) is 0 Å². The number of aliphatic hydroxyl groups excluding tert-OH is 1. The summed E-state index contributed by atoms with van der Waals surface area (Å²) in [6.45, 7) is 1.80. The molecule has 0 radical (unpaired) electrons. The minimum absolute atomic E-state index is 0.250. The number of aliphatic hydroxyl groups is 1. The van der Waals surface area contributed by atoms with Gasteiger partial charge in [-0.2, -0.15) is 0 Å². The van der Waals surface area contributed by atoms with Gasteiger partial charge in [0, 0.05) is 12.4 Å². The molecule has 2 aromatic heterocycles. The smallest absolute Gasteiger partial charge is 0.136 e.